The molecule has 0 spiro atoms. The number of H-pyrrole nitrogens is 2. The summed E-state index contributed by atoms with van der Waals surface area (Å²) in [6.45, 7) is 2.19. The average molecular weight is 262 g/mol. The van der Waals surface area contributed by atoms with Crippen LogP contribution in [0.1, 0.15) is 31.7 Å². The van der Waals surface area contributed by atoms with Crippen molar-refractivity contribution in [3.05, 3.63) is 42.9 Å². The molecule has 3 rings (SSSR count). The van der Waals surface area contributed by atoms with Crippen LogP contribution in [0.15, 0.2) is 24.9 Å². The van der Waals surface area contributed by atoms with E-state index < -0.39 is 16.9 Å². The molecule has 1 aliphatic rings. The number of hydrogen-bond donors (Lipinski definition) is 2. The third kappa shape index (κ3) is 2.25. The first-order valence-electron chi connectivity index (χ1n) is 6.26. The molecule has 0 aliphatic heterocycles. The molecule has 0 bridgehead atoms. The Bertz CT molecular complexity index is 802. The molecule has 0 unspecified atom stereocenters. The molecule has 1 saturated carbocycles. The molecule has 2 aromatic heterocycles. The first kappa shape index (κ1) is 12.0. The van der Waals surface area contributed by atoms with E-state index in [1.807, 2.05) is 0 Å². The minimum atomic E-state index is -0.674. The zero-order valence-electron chi connectivity index (χ0n) is 10.5. The number of aromatic amines is 2. The smallest absolute Gasteiger partial charge is 0.337 e. The van der Waals surface area contributed by atoms with Gasteiger partial charge >= 0.3 is 11.3 Å². The van der Waals surface area contributed by atoms with Gasteiger partial charge in [-0.3, -0.25) is 14.8 Å². The van der Waals surface area contributed by atoms with Crippen molar-refractivity contribution in [2.24, 2.45) is 5.41 Å². The quantitative estimate of drug-likeness (QED) is 0.859. The van der Waals surface area contributed by atoms with E-state index in [0.717, 1.165) is 6.42 Å². The second kappa shape index (κ2) is 3.94. The van der Waals surface area contributed by atoms with E-state index >= 15 is 0 Å². The first-order valence-corrected chi connectivity index (χ1v) is 6.26. The Labute approximate surface area is 107 Å². The fraction of sp³-hybridized carbons (Fsp3) is 0.462. The van der Waals surface area contributed by atoms with Crippen molar-refractivity contribution < 1.29 is 4.42 Å². The van der Waals surface area contributed by atoms with Gasteiger partial charge in [0.15, 0.2) is 0 Å². The third-order valence-electron chi connectivity index (χ3n) is 3.83. The summed E-state index contributed by atoms with van der Waals surface area (Å²) in [5.74, 6) is 0. The monoisotopic (exact) mass is 262 g/mol. The lowest BCUT2D eigenvalue weighted by Gasteiger charge is -2.08. The van der Waals surface area contributed by atoms with E-state index in [0.29, 0.717) is 17.4 Å². The lowest BCUT2D eigenvalue weighted by molar-refractivity contribution is 0.512. The van der Waals surface area contributed by atoms with E-state index in [-0.39, 0.29) is 11.1 Å². The Balaban J connectivity index is 2.14. The van der Waals surface area contributed by atoms with E-state index in [1.54, 1.807) is 0 Å². The molecule has 0 radical (unpaired) electrons. The Morgan fingerprint density at radius 1 is 1.26 bits per heavy atom. The highest BCUT2D eigenvalue weighted by molar-refractivity contribution is 5.75. The second-order valence-corrected chi connectivity index (χ2v) is 5.51. The van der Waals surface area contributed by atoms with Gasteiger partial charge in [0.25, 0.3) is 5.56 Å². The van der Waals surface area contributed by atoms with Crippen LogP contribution in [0.3, 0.4) is 0 Å². The Kier molecular flexibility index (Phi) is 2.48. The minimum Gasteiger partial charge on any atom is -0.405 e. The van der Waals surface area contributed by atoms with Gasteiger partial charge in [-0.25, -0.2) is 9.59 Å². The molecule has 0 amide bonds. The molecule has 19 heavy (non-hydrogen) atoms. The van der Waals surface area contributed by atoms with Gasteiger partial charge in [0.05, 0.1) is 0 Å². The average Bonchev–Trinajstić information content (AvgIpc) is 3.03. The van der Waals surface area contributed by atoms with Crippen LogP contribution < -0.4 is 16.9 Å². The summed E-state index contributed by atoms with van der Waals surface area (Å²) in [5.41, 5.74) is -0.818. The van der Waals surface area contributed by atoms with Crippen LogP contribution in [0.25, 0.3) is 11.1 Å². The molecule has 0 saturated heterocycles. The Morgan fingerprint density at radius 2 is 2.00 bits per heavy atom. The zero-order valence-corrected chi connectivity index (χ0v) is 10.5. The molecular formula is C13H14N2O4. The van der Waals surface area contributed by atoms with Crippen LogP contribution in [-0.2, 0) is 6.42 Å². The van der Waals surface area contributed by atoms with Crippen molar-refractivity contribution in [1.29, 1.82) is 0 Å². The van der Waals surface area contributed by atoms with E-state index in [1.165, 1.54) is 18.9 Å². The number of aryl methyl sites for hydroxylation is 1. The van der Waals surface area contributed by atoms with Crippen LogP contribution in [0, 0.1) is 5.41 Å². The summed E-state index contributed by atoms with van der Waals surface area (Å²) in [7, 11) is 0. The number of aromatic nitrogens is 2. The van der Waals surface area contributed by atoms with Crippen LogP contribution in [0.2, 0.25) is 0 Å². The molecule has 1 aliphatic carbocycles. The first-order chi connectivity index (χ1) is 8.97. The maximum atomic E-state index is 11.8. The summed E-state index contributed by atoms with van der Waals surface area (Å²) in [6.07, 6.45) is 3.91. The summed E-state index contributed by atoms with van der Waals surface area (Å²) >= 11 is 0. The topological polar surface area (TPSA) is 95.9 Å². The molecule has 6 heteroatoms. The van der Waals surface area contributed by atoms with Gasteiger partial charge in [0.2, 0.25) is 5.71 Å². The summed E-state index contributed by atoms with van der Waals surface area (Å²) < 4.78 is 4.88. The van der Waals surface area contributed by atoms with Crippen molar-refractivity contribution >= 4 is 11.1 Å². The molecule has 2 N–H and O–H groups in total. The SMILES string of the molecule is CC1(CCc2cc(=O)oc3[nH]c(=O)[nH]c(=O)c23)CC1. The van der Waals surface area contributed by atoms with E-state index in [9.17, 15) is 14.4 Å². The van der Waals surface area contributed by atoms with Gasteiger partial charge in [-0.1, -0.05) is 6.92 Å². The molecule has 1 fully saturated rings. The maximum Gasteiger partial charge on any atom is 0.337 e. The van der Waals surface area contributed by atoms with Gasteiger partial charge in [-0.15, -0.1) is 0 Å². The Morgan fingerprint density at radius 3 is 2.68 bits per heavy atom. The van der Waals surface area contributed by atoms with E-state index in [4.69, 9.17) is 4.42 Å². The largest absolute Gasteiger partial charge is 0.405 e. The van der Waals surface area contributed by atoms with Crippen LogP contribution in [-0.4, -0.2) is 9.97 Å². The van der Waals surface area contributed by atoms with Crippen molar-refractivity contribution in [2.45, 2.75) is 32.6 Å². The molecule has 2 heterocycles. The molecule has 6 nitrogen and oxygen atoms in total. The number of hydrogen-bond acceptors (Lipinski definition) is 4. The highest BCUT2D eigenvalue weighted by atomic mass is 16.4. The lowest BCUT2D eigenvalue weighted by atomic mass is 9.98. The minimum absolute atomic E-state index is 0.0443. The number of rotatable bonds is 3. The van der Waals surface area contributed by atoms with E-state index in [2.05, 4.69) is 16.9 Å². The highest BCUT2D eigenvalue weighted by Crippen LogP contribution is 2.48. The molecule has 0 atom stereocenters. The van der Waals surface area contributed by atoms with Crippen molar-refractivity contribution in [2.75, 3.05) is 0 Å². The zero-order chi connectivity index (χ0) is 13.6. The number of nitrogens with one attached hydrogen (secondary N) is 2. The summed E-state index contributed by atoms with van der Waals surface area (Å²) in [6, 6.07) is 1.33. The third-order valence-corrected chi connectivity index (χ3v) is 3.83. The Hall–Kier alpha value is -2.11. The van der Waals surface area contributed by atoms with Gasteiger partial charge in [0, 0.05) is 6.07 Å². The van der Waals surface area contributed by atoms with Crippen molar-refractivity contribution in [3.8, 4) is 0 Å². The maximum absolute atomic E-state index is 11.8. The van der Waals surface area contributed by atoms with Gasteiger partial charge in [0.1, 0.15) is 5.39 Å². The van der Waals surface area contributed by atoms with Gasteiger partial charge in [-0.05, 0) is 36.7 Å². The lowest BCUT2D eigenvalue weighted by Crippen LogP contribution is -2.24. The molecule has 2 aromatic rings. The van der Waals surface area contributed by atoms with Crippen LogP contribution in [0.5, 0.6) is 0 Å². The van der Waals surface area contributed by atoms with Crippen LogP contribution in [0.4, 0.5) is 0 Å². The number of fused-ring (bicyclic) bond motifs is 1. The van der Waals surface area contributed by atoms with Crippen LogP contribution >= 0.6 is 0 Å². The fourth-order valence-electron chi connectivity index (χ4n) is 2.28. The van der Waals surface area contributed by atoms with Gasteiger partial charge < -0.3 is 4.42 Å². The standard InChI is InChI=1S/C13H14N2O4/c1-13(4-5-13)3-2-7-6-8(16)19-11-9(7)10(17)14-12(18)15-11/h6H,2-5H2,1H3,(H2,14,15,17,18). The fourth-order valence-corrected chi connectivity index (χ4v) is 2.28. The summed E-state index contributed by atoms with van der Waals surface area (Å²) in [4.78, 5) is 39.0. The molecule has 0 aromatic carbocycles. The van der Waals surface area contributed by atoms with Crippen molar-refractivity contribution in [3.63, 3.8) is 0 Å². The summed E-state index contributed by atoms with van der Waals surface area (Å²) in [5, 5.41) is 0.267. The molecule has 100 valence electrons. The normalized spacial score (nSPS) is 16.7. The highest BCUT2D eigenvalue weighted by Gasteiger charge is 2.36. The molecular weight excluding hydrogens is 248 g/mol. The van der Waals surface area contributed by atoms with Gasteiger partial charge in [-0.2, -0.15) is 0 Å². The predicted octanol–water partition coefficient (Wildman–Crippen LogP) is 0.902. The van der Waals surface area contributed by atoms with Crippen molar-refractivity contribution in [1.82, 2.24) is 9.97 Å². The predicted molar refractivity (Wildman–Crippen MR) is 69.4 cm³/mol. The second-order valence-electron chi connectivity index (χ2n) is 5.51.